The number of carbonyl (C=O) groups excluding carboxylic acids is 1. The third-order valence-electron chi connectivity index (χ3n) is 5.18. The second-order valence-electron chi connectivity index (χ2n) is 7.30. The average molecular weight is 422 g/mol. The minimum absolute atomic E-state index is 0.0695. The highest BCUT2D eigenvalue weighted by Crippen LogP contribution is 2.16. The molecule has 0 atom stereocenters. The zero-order chi connectivity index (χ0) is 20.8. The molecule has 7 heteroatoms. The maximum Gasteiger partial charge on any atom is 0.276 e. The second kappa shape index (κ2) is 9.69. The van der Waals surface area contributed by atoms with Gasteiger partial charge in [0.1, 0.15) is 0 Å². The van der Waals surface area contributed by atoms with Gasteiger partial charge in [-0.15, -0.1) is 5.10 Å². The minimum Gasteiger partial charge on any atom is -0.335 e. The average Bonchev–Trinajstić information content (AvgIpc) is 3.25. The van der Waals surface area contributed by atoms with Crippen molar-refractivity contribution in [2.75, 3.05) is 32.7 Å². The largest absolute Gasteiger partial charge is 0.335 e. The number of benzene rings is 2. The van der Waals surface area contributed by atoms with Crippen molar-refractivity contribution in [3.8, 4) is 0 Å². The van der Waals surface area contributed by atoms with Crippen LogP contribution in [0.15, 0.2) is 66.9 Å². The number of carbonyl (C=O) groups is 1. The Morgan fingerprint density at radius 2 is 1.73 bits per heavy atom. The molecule has 4 rings (SSSR count). The van der Waals surface area contributed by atoms with Crippen molar-refractivity contribution in [1.29, 1.82) is 0 Å². The molecule has 1 amide bonds. The van der Waals surface area contributed by atoms with Gasteiger partial charge in [0.25, 0.3) is 5.91 Å². The smallest absolute Gasteiger partial charge is 0.276 e. The summed E-state index contributed by atoms with van der Waals surface area (Å²) in [6, 6.07) is 17.9. The molecule has 154 valence electrons. The molecule has 1 aliphatic heterocycles. The summed E-state index contributed by atoms with van der Waals surface area (Å²) in [6.07, 6.45) is 6.00. The molecule has 0 N–H and O–H groups in total. The van der Waals surface area contributed by atoms with E-state index in [-0.39, 0.29) is 5.91 Å². The first-order valence-corrected chi connectivity index (χ1v) is 10.4. The van der Waals surface area contributed by atoms with Gasteiger partial charge in [0.2, 0.25) is 0 Å². The van der Waals surface area contributed by atoms with Crippen molar-refractivity contribution in [3.05, 3.63) is 88.7 Å². The summed E-state index contributed by atoms with van der Waals surface area (Å²) in [4.78, 5) is 17.0. The number of piperazine rings is 1. The Hall–Kier alpha value is -2.96. The molecule has 1 saturated heterocycles. The SMILES string of the molecule is O=C(c1cn(Cc2ccccc2Cl)nn1)N1CCN(C/C=C/c2ccccc2)CC1. The lowest BCUT2D eigenvalue weighted by atomic mass is 10.2. The van der Waals surface area contributed by atoms with E-state index in [4.69, 9.17) is 11.6 Å². The van der Waals surface area contributed by atoms with Crippen LogP contribution < -0.4 is 0 Å². The normalized spacial score (nSPS) is 15.0. The highest BCUT2D eigenvalue weighted by atomic mass is 35.5. The lowest BCUT2D eigenvalue weighted by Gasteiger charge is -2.33. The highest BCUT2D eigenvalue weighted by Gasteiger charge is 2.23. The zero-order valence-electron chi connectivity index (χ0n) is 16.7. The van der Waals surface area contributed by atoms with E-state index in [1.54, 1.807) is 10.9 Å². The molecule has 0 bridgehead atoms. The summed E-state index contributed by atoms with van der Waals surface area (Å²) in [7, 11) is 0. The van der Waals surface area contributed by atoms with E-state index in [9.17, 15) is 4.79 Å². The number of aromatic nitrogens is 3. The van der Waals surface area contributed by atoms with E-state index in [0.29, 0.717) is 30.4 Å². The van der Waals surface area contributed by atoms with E-state index in [0.717, 1.165) is 25.2 Å². The Bertz CT molecular complexity index is 1010. The van der Waals surface area contributed by atoms with Gasteiger partial charge in [0.15, 0.2) is 5.69 Å². The van der Waals surface area contributed by atoms with Crippen LogP contribution >= 0.6 is 11.6 Å². The number of nitrogens with zero attached hydrogens (tertiary/aromatic N) is 5. The second-order valence-corrected chi connectivity index (χ2v) is 7.71. The fraction of sp³-hybridized carbons (Fsp3) is 0.261. The van der Waals surface area contributed by atoms with E-state index < -0.39 is 0 Å². The molecular weight excluding hydrogens is 398 g/mol. The number of rotatable bonds is 6. The first-order chi connectivity index (χ1) is 14.7. The Morgan fingerprint density at radius 3 is 2.50 bits per heavy atom. The first-order valence-electron chi connectivity index (χ1n) is 10.1. The van der Waals surface area contributed by atoms with Gasteiger partial charge < -0.3 is 4.90 Å². The van der Waals surface area contributed by atoms with Crippen LogP contribution in [0.3, 0.4) is 0 Å². The fourth-order valence-electron chi connectivity index (χ4n) is 3.47. The molecule has 30 heavy (non-hydrogen) atoms. The Balaban J connectivity index is 1.28. The number of hydrogen-bond acceptors (Lipinski definition) is 4. The predicted molar refractivity (Wildman–Crippen MR) is 118 cm³/mol. The Morgan fingerprint density at radius 1 is 1.00 bits per heavy atom. The zero-order valence-corrected chi connectivity index (χ0v) is 17.4. The summed E-state index contributed by atoms with van der Waals surface area (Å²) < 4.78 is 1.65. The quantitative estimate of drug-likeness (QED) is 0.611. The fourth-order valence-corrected chi connectivity index (χ4v) is 3.67. The molecule has 0 aliphatic carbocycles. The molecule has 0 saturated carbocycles. The molecule has 0 spiro atoms. The molecule has 2 heterocycles. The van der Waals surface area contributed by atoms with Crippen LogP contribution in [0.1, 0.15) is 21.6 Å². The van der Waals surface area contributed by atoms with Crippen LogP contribution in [0.2, 0.25) is 5.02 Å². The van der Waals surface area contributed by atoms with E-state index >= 15 is 0 Å². The van der Waals surface area contributed by atoms with Crippen LogP contribution in [-0.4, -0.2) is 63.4 Å². The molecular formula is C23H24ClN5O. The summed E-state index contributed by atoms with van der Waals surface area (Å²) in [5.74, 6) is -0.0695. The number of hydrogen-bond donors (Lipinski definition) is 0. The standard InChI is InChI=1S/C23H24ClN5O/c24-21-11-5-4-10-20(21)17-29-18-22(25-26-29)23(30)28-15-13-27(14-16-28)12-6-9-19-7-2-1-3-8-19/h1-11,18H,12-17H2/b9-6+. The van der Waals surface area contributed by atoms with E-state index in [1.165, 1.54) is 5.56 Å². The topological polar surface area (TPSA) is 54.3 Å². The van der Waals surface area contributed by atoms with Crippen molar-refractivity contribution in [3.63, 3.8) is 0 Å². The number of amides is 1. The van der Waals surface area contributed by atoms with Gasteiger partial charge in [0.05, 0.1) is 12.7 Å². The highest BCUT2D eigenvalue weighted by molar-refractivity contribution is 6.31. The van der Waals surface area contributed by atoms with Gasteiger partial charge in [-0.1, -0.05) is 77.5 Å². The van der Waals surface area contributed by atoms with Gasteiger partial charge in [0, 0.05) is 37.7 Å². The van der Waals surface area contributed by atoms with Gasteiger partial charge >= 0.3 is 0 Å². The molecule has 0 radical (unpaired) electrons. The molecule has 6 nitrogen and oxygen atoms in total. The summed E-state index contributed by atoms with van der Waals surface area (Å²) >= 11 is 6.20. The van der Waals surface area contributed by atoms with E-state index in [2.05, 4.69) is 39.5 Å². The van der Waals surface area contributed by atoms with Crippen molar-refractivity contribution in [1.82, 2.24) is 24.8 Å². The molecule has 0 unspecified atom stereocenters. The number of halogens is 1. The van der Waals surface area contributed by atoms with E-state index in [1.807, 2.05) is 47.4 Å². The molecule has 1 aliphatic rings. The minimum atomic E-state index is -0.0695. The maximum absolute atomic E-state index is 12.8. The van der Waals surface area contributed by atoms with Gasteiger partial charge in [-0.3, -0.25) is 9.69 Å². The van der Waals surface area contributed by atoms with Crippen LogP contribution in [0.25, 0.3) is 6.08 Å². The van der Waals surface area contributed by atoms with Gasteiger partial charge in [-0.2, -0.15) is 0 Å². The summed E-state index contributed by atoms with van der Waals surface area (Å²) in [5.41, 5.74) is 2.52. The monoisotopic (exact) mass is 421 g/mol. The molecule has 1 aromatic heterocycles. The molecule has 1 fully saturated rings. The third kappa shape index (κ3) is 5.14. The van der Waals surface area contributed by atoms with Crippen molar-refractivity contribution < 1.29 is 4.79 Å². The Kier molecular flexibility index (Phi) is 6.57. The van der Waals surface area contributed by atoms with Gasteiger partial charge in [-0.05, 0) is 17.2 Å². The van der Waals surface area contributed by atoms with Crippen LogP contribution in [0, 0.1) is 0 Å². The van der Waals surface area contributed by atoms with Crippen LogP contribution in [-0.2, 0) is 6.54 Å². The van der Waals surface area contributed by atoms with Crippen molar-refractivity contribution in [2.24, 2.45) is 0 Å². The molecule has 3 aromatic rings. The van der Waals surface area contributed by atoms with Crippen LogP contribution in [0.5, 0.6) is 0 Å². The van der Waals surface area contributed by atoms with Crippen molar-refractivity contribution >= 4 is 23.6 Å². The lowest BCUT2D eigenvalue weighted by Crippen LogP contribution is -2.48. The first kappa shape index (κ1) is 20.3. The summed E-state index contributed by atoms with van der Waals surface area (Å²) in [5, 5.41) is 8.85. The predicted octanol–water partition coefficient (Wildman–Crippen LogP) is 3.45. The van der Waals surface area contributed by atoms with Crippen LogP contribution in [0.4, 0.5) is 0 Å². The third-order valence-corrected chi connectivity index (χ3v) is 5.55. The lowest BCUT2D eigenvalue weighted by molar-refractivity contribution is 0.0644. The molecule has 2 aromatic carbocycles. The summed E-state index contributed by atoms with van der Waals surface area (Å²) in [6.45, 7) is 4.44. The van der Waals surface area contributed by atoms with Crippen molar-refractivity contribution in [2.45, 2.75) is 6.54 Å². The van der Waals surface area contributed by atoms with Gasteiger partial charge in [-0.25, -0.2) is 4.68 Å². The Labute approximate surface area is 181 Å². The maximum atomic E-state index is 12.8.